The molecule has 1 aliphatic heterocycles. The van der Waals surface area contributed by atoms with E-state index in [4.69, 9.17) is 27.5 Å². The van der Waals surface area contributed by atoms with Crippen LogP contribution >= 0.6 is 11.6 Å². The first-order valence-corrected chi connectivity index (χ1v) is 7.83. The van der Waals surface area contributed by atoms with Crippen LogP contribution in [0.25, 0.3) is 0 Å². The Balaban J connectivity index is 2.14. The van der Waals surface area contributed by atoms with Gasteiger partial charge < -0.3 is 10.5 Å². The highest BCUT2D eigenvalue weighted by Gasteiger charge is 2.19. The highest BCUT2D eigenvalue weighted by molar-refractivity contribution is 6.30. The predicted octanol–water partition coefficient (Wildman–Crippen LogP) is 3.06. The minimum absolute atomic E-state index is 0.233. The van der Waals surface area contributed by atoms with Crippen LogP contribution in [-0.4, -0.2) is 30.4 Å². The topological polar surface area (TPSA) is 62.3 Å². The van der Waals surface area contributed by atoms with Crippen LogP contribution in [0.15, 0.2) is 12.1 Å². The van der Waals surface area contributed by atoms with E-state index in [-0.39, 0.29) is 5.84 Å². The third-order valence-corrected chi connectivity index (χ3v) is 3.76. The van der Waals surface area contributed by atoms with Gasteiger partial charge in [0.1, 0.15) is 5.75 Å². The summed E-state index contributed by atoms with van der Waals surface area (Å²) in [5.74, 6) is 1.79. The molecule has 0 bridgehead atoms. The summed E-state index contributed by atoms with van der Waals surface area (Å²) in [5.41, 5.74) is 7.83. The summed E-state index contributed by atoms with van der Waals surface area (Å²) in [6.07, 6.45) is 1.52. The van der Waals surface area contributed by atoms with E-state index in [0.29, 0.717) is 12.3 Å². The van der Waals surface area contributed by atoms with E-state index in [0.717, 1.165) is 49.0 Å². The average molecular weight is 310 g/mol. The molecule has 5 heteroatoms. The standard InChI is InChI=1S/C16H24ClN3O/c1-11(2)9-20(5-3-15(18)19)10-13-8-14(17)7-12-4-6-21-16(12)13/h7-8,11H,3-6,9-10H2,1-2H3,(H3,18,19). The Morgan fingerprint density at radius 2 is 2.24 bits per heavy atom. The normalized spacial score (nSPS) is 13.6. The minimum Gasteiger partial charge on any atom is -0.493 e. The van der Waals surface area contributed by atoms with Crippen molar-refractivity contribution in [1.29, 1.82) is 5.41 Å². The van der Waals surface area contributed by atoms with Crippen molar-refractivity contribution in [2.75, 3.05) is 19.7 Å². The Bertz CT molecular complexity index is 516. The van der Waals surface area contributed by atoms with E-state index in [2.05, 4.69) is 18.7 Å². The number of ether oxygens (including phenoxy) is 1. The number of rotatable bonds is 7. The Kier molecular flexibility index (Phi) is 5.48. The summed E-state index contributed by atoms with van der Waals surface area (Å²) >= 11 is 6.22. The van der Waals surface area contributed by atoms with Gasteiger partial charge in [-0.2, -0.15) is 0 Å². The first-order chi connectivity index (χ1) is 9.95. The zero-order valence-electron chi connectivity index (χ0n) is 12.8. The Morgan fingerprint density at radius 1 is 1.48 bits per heavy atom. The summed E-state index contributed by atoms with van der Waals surface area (Å²) in [6.45, 7) is 7.66. The molecule has 0 saturated heterocycles. The van der Waals surface area contributed by atoms with Crippen LogP contribution in [0.2, 0.25) is 5.02 Å². The van der Waals surface area contributed by atoms with Crippen molar-refractivity contribution >= 4 is 17.4 Å². The molecule has 1 aromatic rings. The van der Waals surface area contributed by atoms with E-state index in [1.54, 1.807) is 0 Å². The van der Waals surface area contributed by atoms with Gasteiger partial charge >= 0.3 is 0 Å². The maximum atomic E-state index is 7.41. The van der Waals surface area contributed by atoms with E-state index in [1.165, 1.54) is 5.56 Å². The number of hydrogen-bond donors (Lipinski definition) is 2. The van der Waals surface area contributed by atoms with Crippen molar-refractivity contribution in [1.82, 2.24) is 4.90 Å². The summed E-state index contributed by atoms with van der Waals surface area (Å²) in [6, 6.07) is 3.99. The van der Waals surface area contributed by atoms with Crippen LogP contribution in [0, 0.1) is 11.3 Å². The molecule has 0 radical (unpaired) electrons. The number of fused-ring (bicyclic) bond motifs is 1. The zero-order chi connectivity index (χ0) is 15.4. The Hall–Kier alpha value is -1.26. The smallest absolute Gasteiger partial charge is 0.127 e. The number of nitrogens with two attached hydrogens (primary N) is 1. The molecule has 0 saturated carbocycles. The lowest BCUT2D eigenvalue weighted by Crippen LogP contribution is -2.31. The fraction of sp³-hybridized carbons (Fsp3) is 0.562. The predicted molar refractivity (Wildman–Crippen MR) is 87.3 cm³/mol. The van der Waals surface area contributed by atoms with Gasteiger partial charge in [-0.05, 0) is 23.6 Å². The van der Waals surface area contributed by atoms with Gasteiger partial charge in [0.05, 0.1) is 12.4 Å². The lowest BCUT2D eigenvalue weighted by Gasteiger charge is -2.25. The van der Waals surface area contributed by atoms with Crippen LogP contribution in [0.5, 0.6) is 5.75 Å². The molecule has 1 aromatic carbocycles. The second-order valence-electron chi connectivity index (χ2n) is 6.06. The molecule has 1 heterocycles. The van der Waals surface area contributed by atoms with Crippen molar-refractivity contribution in [3.8, 4) is 5.75 Å². The summed E-state index contributed by atoms with van der Waals surface area (Å²) in [5, 5.41) is 8.18. The number of amidine groups is 1. The molecule has 4 nitrogen and oxygen atoms in total. The molecular formula is C16H24ClN3O. The Morgan fingerprint density at radius 3 is 2.90 bits per heavy atom. The van der Waals surface area contributed by atoms with Gasteiger partial charge in [0.25, 0.3) is 0 Å². The van der Waals surface area contributed by atoms with Crippen molar-refractivity contribution in [2.24, 2.45) is 11.7 Å². The summed E-state index contributed by atoms with van der Waals surface area (Å²) < 4.78 is 5.76. The summed E-state index contributed by atoms with van der Waals surface area (Å²) in [4.78, 5) is 2.32. The van der Waals surface area contributed by atoms with Gasteiger partial charge in [-0.3, -0.25) is 10.3 Å². The molecule has 21 heavy (non-hydrogen) atoms. The van der Waals surface area contributed by atoms with Crippen molar-refractivity contribution < 1.29 is 4.74 Å². The number of halogens is 1. The molecule has 0 unspecified atom stereocenters. The molecule has 0 aliphatic carbocycles. The molecule has 0 atom stereocenters. The van der Waals surface area contributed by atoms with E-state index >= 15 is 0 Å². The molecular weight excluding hydrogens is 286 g/mol. The molecule has 0 amide bonds. The van der Waals surface area contributed by atoms with Crippen LogP contribution in [0.3, 0.4) is 0 Å². The fourth-order valence-electron chi connectivity index (χ4n) is 2.73. The quantitative estimate of drug-likeness (QED) is 0.601. The zero-order valence-corrected chi connectivity index (χ0v) is 13.5. The van der Waals surface area contributed by atoms with Gasteiger partial charge in [-0.15, -0.1) is 0 Å². The maximum Gasteiger partial charge on any atom is 0.127 e. The van der Waals surface area contributed by atoms with Crippen LogP contribution in [0.4, 0.5) is 0 Å². The van der Waals surface area contributed by atoms with E-state index < -0.39 is 0 Å². The highest BCUT2D eigenvalue weighted by atomic mass is 35.5. The second kappa shape index (κ2) is 7.14. The van der Waals surface area contributed by atoms with Crippen molar-refractivity contribution in [3.05, 3.63) is 28.3 Å². The van der Waals surface area contributed by atoms with Gasteiger partial charge in [0.2, 0.25) is 0 Å². The number of benzene rings is 1. The van der Waals surface area contributed by atoms with Gasteiger partial charge in [0, 0.05) is 43.1 Å². The number of hydrogen-bond acceptors (Lipinski definition) is 3. The van der Waals surface area contributed by atoms with Crippen LogP contribution in [-0.2, 0) is 13.0 Å². The molecule has 2 rings (SSSR count). The molecule has 0 aromatic heterocycles. The number of nitrogens with one attached hydrogen (secondary N) is 1. The lowest BCUT2D eigenvalue weighted by atomic mass is 10.1. The first-order valence-electron chi connectivity index (χ1n) is 7.45. The van der Waals surface area contributed by atoms with Gasteiger partial charge in [-0.25, -0.2) is 0 Å². The third kappa shape index (κ3) is 4.61. The van der Waals surface area contributed by atoms with Crippen molar-refractivity contribution in [3.63, 3.8) is 0 Å². The minimum atomic E-state index is 0.233. The SMILES string of the molecule is CC(C)CN(CCC(=N)N)Cc1cc(Cl)cc2c1OCC2. The molecule has 0 spiro atoms. The van der Waals surface area contributed by atoms with E-state index in [1.807, 2.05) is 12.1 Å². The molecule has 116 valence electrons. The molecule has 0 fully saturated rings. The van der Waals surface area contributed by atoms with E-state index in [9.17, 15) is 0 Å². The first kappa shape index (κ1) is 16.1. The highest BCUT2D eigenvalue weighted by Crippen LogP contribution is 2.33. The average Bonchev–Trinajstić information content (AvgIpc) is 2.83. The van der Waals surface area contributed by atoms with Crippen molar-refractivity contribution in [2.45, 2.75) is 33.2 Å². The maximum absolute atomic E-state index is 7.41. The number of nitrogens with zero attached hydrogens (tertiary/aromatic N) is 1. The largest absolute Gasteiger partial charge is 0.493 e. The lowest BCUT2D eigenvalue weighted by molar-refractivity contribution is 0.238. The van der Waals surface area contributed by atoms with Crippen LogP contribution < -0.4 is 10.5 Å². The third-order valence-electron chi connectivity index (χ3n) is 3.54. The Labute approximate surface area is 131 Å². The molecule has 3 N–H and O–H groups in total. The fourth-order valence-corrected chi connectivity index (χ4v) is 3.00. The van der Waals surface area contributed by atoms with Gasteiger partial charge in [0.15, 0.2) is 0 Å². The van der Waals surface area contributed by atoms with Gasteiger partial charge in [-0.1, -0.05) is 25.4 Å². The second-order valence-corrected chi connectivity index (χ2v) is 6.49. The van der Waals surface area contributed by atoms with Crippen LogP contribution in [0.1, 0.15) is 31.4 Å². The monoisotopic (exact) mass is 309 g/mol. The molecule has 1 aliphatic rings. The summed E-state index contributed by atoms with van der Waals surface area (Å²) in [7, 11) is 0.